The van der Waals surface area contributed by atoms with Gasteiger partial charge in [-0.25, -0.2) is 0 Å². The molecule has 2 aromatic rings. The molecule has 3 rings (SSSR count). The summed E-state index contributed by atoms with van der Waals surface area (Å²) in [6.07, 6.45) is 3.05. The van der Waals surface area contributed by atoms with E-state index in [2.05, 4.69) is 10.2 Å². The van der Waals surface area contributed by atoms with E-state index in [9.17, 15) is 4.79 Å². The number of amides is 1. The van der Waals surface area contributed by atoms with Gasteiger partial charge in [0.25, 0.3) is 0 Å². The molecule has 0 saturated heterocycles. The van der Waals surface area contributed by atoms with Crippen LogP contribution in [0.3, 0.4) is 0 Å². The Labute approximate surface area is 129 Å². The first-order valence-electron chi connectivity index (χ1n) is 7.44. The zero-order valence-electron chi connectivity index (χ0n) is 12.8. The normalized spacial score (nSPS) is 14.4. The zero-order valence-corrected chi connectivity index (χ0v) is 12.8. The first-order valence-corrected chi connectivity index (χ1v) is 7.44. The van der Waals surface area contributed by atoms with Crippen LogP contribution in [0, 0.1) is 6.92 Å². The van der Waals surface area contributed by atoms with Gasteiger partial charge in [0.05, 0.1) is 12.8 Å². The molecule has 0 unspecified atom stereocenters. The van der Waals surface area contributed by atoms with E-state index < -0.39 is 0 Å². The molecule has 0 spiro atoms. The molecule has 0 bridgehead atoms. The van der Waals surface area contributed by atoms with Crippen molar-refractivity contribution in [3.05, 3.63) is 35.5 Å². The molecule has 1 aliphatic rings. The van der Waals surface area contributed by atoms with E-state index in [1.807, 2.05) is 23.1 Å². The van der Waals surface area contributed by atoms with Gasteiger partial charge in [0.15, 0.2) is 0 Å². The summed E-state index contributed by atoms with van der Waals surface area (Å²) in [5.74, 6) is 1.64. The number of hydrogen-bond acceptors (Lipinski definition) is 5. The summed E-state index contributed by atoms with van der Waals surface area (Å²) < 4.78 is 10.8. The summed E-state index contributed by atoms with van der Waals surface area (Å²) in [4.78, 5) is 14.5. The van der Waals surface area contributed by atoms with Crippen LogP contribution in [-0.4, -0.2) is 29.8 Å². The lowest BCUT2D eigenvalue weighted by Gasteiger charge is -2.23. The summed E-state index contributed by atoms with van der Waals surface area (Å²) >= 11 is 0. The van der Waals surface area contributed by atoms with Gasteiger partial charge >= 0.3 is 0 Å². The number of carbonyl (C=O) groups is 1. The minimum Gasteiger partial charge on any atom is -0.496 e. The molecule has 22 heavy (non-hydrogen) atoms. The highest BCUT2D eigenvalue weighted by Gasteiger charge is 2.24. The second kappa shape index (κ2) is 6.17. The van der Waals surface area contributed by atoms with Gasteiger partial charge in [-0.2, -0.15) is 0 Å². The van der Waals surface area contributed by atoms with E-state index in [0.717, 1.165) is 36.3 Å². The number of rotatable bonds is 3. The molecule has 0 fully saturated rings. The number of nitrogens with zero attached hydrogens (tertiary/aromatic N) is 3. The van der Waals surface area contributed by atoms with Crippen molar-refractivity contribution >= 4 is 11.6 Å². The van der Waals surface area contributed by atoms with Crippen LogP contribution in [0.5, 0.6) is 5.75 Å². The fraction of sp³-hybridized carbons (Fsp3) is 0.438. The molecule has 1 aliphatic heterocycles. The fourth-order valence-electron chi connectivity index (χ4n) is 2.83. The molecule has 116 valence electrons. The van der Waals surface area contributed by atoms with Crippen LogP contribution >= 0.6 is 0 Å². The maximum Gasteiger partial charge on any atom is 0.236 e. The monoisotopic (exact) mass is 301 g/mol. The Hall–Kier alpha value is -2.37. The molecule has 6 nitrogen and oxygen atoms in total. The Morgan fingerprint density at radius 3 is 2.95 bits per heavy atom. The Bertz CT molecular complexity index is 681. The summed E-state index contributed by atoms with van der Waals surface area (Å²) in [6, 6.07) is 5.83. The molecule has 6 heteroatoms. The third-order valence-electron chi connectivity index (χ3n) is 3.85. The smallest absolute Gasteiger partial charge is 0.236 e. The van der Waals surface area contributed by atoms with Crippen LogP contribution in [0.1, 0.15) is 30.2 Å². The predicted molar refractivity (Wildman–Crippen MR) is 81.0 cm³/mol. The van der Waals surface area contributed by atoms with Gasteiger partial charge in [0.1, 0.15) is 12.2 Å². The molecule has 1 aromatic carbocycles. The van der Waals surface area contributed by atoms with Gasteiger partial charge < -0.3 is 14.1 Å². The predicted octanol–water partition coefficient (Wildman–Crippen LogP) is 2.30. The molecule has 1 amide bonds. The van der Waals surface area contributed by atoms with Gasteiger partial charge in [-0.3, -0.25) is 4.79 Å². The van der Waals surface area contributed by atoms with Crippen molar-refractivity contribution in [3.8, 4) is 5.75 Å². The number of ether oxygens (including phenoxy) is 1. The third kappa shape index (κ3) is 2.81. The highest BCUT2D eigenvalue weighted by atomic mass is 16.5. The van der Waals surface area contributed by atoms with E-state index in [4.69, 9.17) is 9.15 Å². The number of anilines is 1. The van der Waals surface area contributed by atoms with Crippen molar-refractivity contribution in [1.29, 1.82) is 0 Å². The van der Waals surface area contributed by atoms with E-state index in [0.29, 0.717) is 18.3 Å². The van der Waals surface area contributed by atoms with Crippen LogP contribution in [0.4, 0.5) is 5.69 Å². The van der Waals surface area contributed by atoms with Crippen molar-refractivity contribution in [3.63, 3.8) is 0 Å². The van der Waals surface area contributed by atoms with Gasteiger partial charge in [-0.15, -0.1) is 10.2 Å². The van der Waals surface area contributed by atoms with E-state index in [1.165, 1.54) is 0 Å². The maximum absolute atomic E-state index is 12.6. The summed E-state index contributed by atoms with van der Waals surface area (Å²) in [7, 11) is 1.66. The van der Waals surface area contributed by atoms with Crippen LogP contribution < -0.4 is 9.64 Å². The number of aromatic nitrogens is 2. The number of benzene rings is 1. The van der Waals surface area contributed by atoms with E-state index in [1.54, 1.807) is 14.0 Å². The summed E-state index contributed by atoms with van der Waals surface area (Å²) in [6.45, 7) is 2.42. The van der Waals surface area contributed by atoms with Crippen LogP contribution in [0.15, 0.2) is 22.6 Å². The standard InChI is InChI=1S/C16H19N3O3/c1-11-17-18-15(22-11)10-16(20)19-9-4-3-6-12-13(19)7-5-8-14(12)21-2/h5,7-8H,3-4,6,9-10H2,1-2H3. The average molecular weight is 301 g/mol. The number of hydrogen-bond donors (Lipinski definition) is 0. The molecule has 2 heterocycles. The van der Waals surface area contributed by atoms with Crippen LogP contribution in [-0.2, 0) is 17.6 Å². The molecule has 1 aromatic heterocycles. The molecular weight excluding hydrogens is 282 g/mol. The molecule has 0 aliphatic carbocycles. The minimum absolute atomic E-state index is 0.0277. The largest absolute Gasteiger partial charge is 0.496 e. The molecule has 0 saturated carbocycles. The molecule has 0 N–H and O–H groups in total. The average Bonchev–Trinajstić information content (AvgIpc) is 2.80. The second-order valence-electron chi connectivity index (χ2n) is 5.35. The van der Waals surface area contributed by atoms with Gasteiger partial charge in [-0.1, -0.05) is 6.07 Å². The first-order chi connectivity index (χ1) is 10.7. The van der Waals surface area contributed by atoms with E-state index >= 15 is 0 Å². The second-order valence-corrected chi connectivity index (χ2v) is 5.35. The lowest BCUT2D eigenvalue weighted by atomic mass is 10.1. The molecule has 0 atom stereocenters. The third-order valence-corrected chi connectivity index (χ3v) is 3.85. The van der Waals surface area contributed by atoms with E-state index in [-0.39, 0.29) is 12.3 Å². The zero-order chi connectivity index (χ0) is 15.5. The number of aryl methyl sites for hydroxylation is 1. The molecule has 0 radical (unpaired) electrons. The highest BCUT2D eigenvalue weighted by molar-refractivity contribution is 5.95. The maximum atomic E-state index is 12.6. The summed E-state index contributed by atoms with van der Waals surface area (Å²) in [5, 5.41) is 7.67. The van der Waals surface area contributed by atoms with Crippen molar-refractivity contribution in [2.45, 2.75) is 32.6 Å². The topological polar surface area (TPSA) is 68.5 Å². The quantitative estimate of drug-likeness (QED) is 0.870. The van der Waals surface area contributed by atoms with Crippen LogP contribution in [0.25, 0.3) is 0 Å². The Morgan fingerprint density at radius 1 is 1.36 bits per heavy atom. The summed E-state index contributed by atoms with van der Waals surface area (Å²) in [5.41, 5.74) is 2.02. The SMILES string of the molecule is COc1cccc2c1CCCCN2C(=O)Cc1nnc(C)o1. The highest BCUT2D eigenvalue weighted by Crippen LogP contribution is 2.33. The van der Waals surface area contributed by atoms with Crippen molar-refractivity contribution in [2.24, 2.45) is 0 Å². The Balaban J connectivity index is 1.89. The minimum atomic E-state index is -0.0277. The lowest BCUT2D eigenvalue weighted by molar-refractivity contribution is -0.118. The fourth-order valence-corrected chi connectivity index (χ4v) is 2.83. The Kier molecular flexibility index (Phi) is 4.09. The first kappa shape index (κ1) is 14.6. The number of methoxy groups -OCH3 is 1. The van der Waals surface area contributed by atoms with Crippen molar-refractivity contribution in [1.82, 2.24) is 10.2 Å². The lowest BCUT2D eigenvalue weighted by Crippen LogP contribution is -2.33. The molecular formula is C16H19N3O3. The van der Waals surface area contributed by atoms with Crippen molar-refractivity contribution < 1.29 is 13.9 Å². The van der Waals surface area contributed by atoms with Gasteiger partial charge in [-0.05, 0) is 31.4 Å². The Morgan fingerprint density at radius 2 is 2.23 bits per heavy atom. The number of fused-ring (bicyclic) bond motifs is 1. The van der Waals surface area contributed by atoms with Crippen molar-refractivity contribution in [2.75, 3.05) is 18.6 Å². The van der Waals surface area contributed by atoms with Gasteiger partial charge in [0.2, 0.25) is 17.7 Å². The van der Waals surface area contributed by atoms with Gasteiger partial charge in [0, 0.05) is 19.0 Å². The van der Waals surface area contributed by atoms with Crippen LogP contribution in [0.2, 0.25) is 0 Å². The number of carbonyl (C=O) groups excluding carboxylic acids is 1.